The Labute approximate surface area is 101 Å². The summed E-state index contributed by atoms with van der Waals surface area (Å²) >= 11 is 3.02. The van der Waals surface area contributed by atoms with Crippen LogP contribution >= 0.6 is 15.9 Å². The maximum Gasteiger partial charge on any atom is 0.254 e. The number of halogens is 2. The van der Waals surface area contributed by atoms with Gasteiger partial charge in [-0.1, -0.05) is 0 Å². The SMILES string of the molecule is COC(CN)C(=O)Nc1ccc(F)c(Br)c1. The van der Waals surface area contributed by atoms with Gasteiger partial charge in [-0.3, -0.25) is 4.79 Å². The summed E-state index contributed by atoms with van der Waals surface area (Å²) in [4.78, 5) is 11.5. The van der Waals surface area contributed by atoms with Crippen molar-refractivity contribution in [3.05, 3.63) is 28.5 Å². The van der Waals surface area contributed by atoms with E-state index in [1.54, 1.807) is 0 Å². The molecule has 0 aliphatic rings. The number of hydrogen-bond acceptors (Lipinski definition) is 3. The van der Waals surface area contributed by atoms with Crippen LogP contribution in [0.15, 0.2) is 22.7 Å². The van der Waals surface area contributed by atoms with Gasteiger partial charge in [0.2, 0.25) is 0 Å². The number of benzene rings is 1. The van der Waals surface area contributed by atoms with Crippen molar-refractivity contribution in [2.45, 2.75) is 6.10 Å². The van der Waals surface area contributed by atoms with E-state index in [4.69, 9.17) is 10.5 Å². The maximum absolute atomic E-state index is 12.9. The van der Waals surface area contributed by atoms with E-state index >= 15 is 0 Å². The molecule has 1 unspecified atom stereocenters. The fourth-order valence-electron chi connectivity index (χ4n) is 1.11. The van der Waals surface area contributed by atoms with Crippen molar-refractivity contribution in [2.75, 3.05) is 19.0 Å². The number of nitrogens with one attached hydrogen (secondary N) is 1. The van der Waals surface area contributed by atoms with Crippen LogP contribution < -0.4 is 11.1 Å². The Balaban J connectivity index is 2.73. The number of nitrogens with two attached hydrogens (primary N) is 1. The minimum Gasteiger partial charge on any atom is -0.370 e. The molecular weight excluding hydrogens is 279 g/mol. The first-order valence-electron chi connectivity index (χ1n) is 4.57. The van der Waals surface area contributed by atoms with E-state index in [1.165, 1.54) is 25.3 Å². The van der Waals surface area contributed by atoms with Crippen LogP contribution in [0.4, 0.5) is 10.1 Å². The molecule has 0 saturated carbocycles. The van der Waals surface area contributed by atoms with Crippen LogP contribution in [0.5, 0.6) is 0 Å². The maximum atomic E-state index is 12.9. The van der Waals surface area contributed by atoms with Gasteiger partial charge in [0.25, 0.3) is 5.91 Å². The number of carbonyl (C=O) groups excluding carboxylic acids is 1. The average Bonchev–Trinajstić information content (AvgIpc) is 2.25. The number of anilines is 1. The largest absolute Gasteiger partial charge is 0.370 e. The third-order valence-electron chi connectivity index (χ3n) is 1.98. The van der Waals surface area contributed by atoms with Gasteiger partial charge < -0.3 is 15.8 Å². The Hall–Kier alpha value is -0.980. The predicted octanol–water partition coefficient (Wildman–Crippen LogP) is 1.50. The Morgan fingerprint density at radius 3 is 2.88 bits per heavy atom. The molecule has 1 aromatic rings. The number of carbonyl (C=O) groups is 1. The van der Waals surface area contributed by atoms with Crippen molar-refractivity contribution < 1.29 is 13.9 Å². The standard InChI is InChI=1S/C10H12BrFN2O2/c1-16-9(5-13)10(15)14-6-2-3-8(12)7(11)4-6/h2-4,9H,5,13H2,1H3,(H,14,15). The van der Waals surface area contributed by atoms with Crippen LogP contribution in [0.25, 0.3) is 0 Å². The molecule has 3 N–H and O–H groups in total. The number of amides is 1. The summed E-state index contributed by atoms with van der Waals surface area (Å²) in [6, 6.07) is 4.18. The quantitative estimate of drug-likeness (QED) is 0.883. The van der Waals surface area contributed by atoms with E-state index in [0.717, 1.165) is 0 Å². The fraction of sp³-hybridized carbons (Fsp3) is 0.300. The lowest BCUT2D eigenvalue weighted by Crippen LogP contribution is -2.35. The smallest absolute Gasteiger partial charge is 0.254 e. The highest BCUT2D eigenvalue weighted by Gasteiger charge is 2.15. The topological polar surface area (TPSA) is 64.3 Å². The summed E-state index contributed by atoms with van der Waals surface area (Å²) in [6.07, 6.45) is -0.705. The summed E-state index contributed by atoms with van der Waals surface area (Å²) in [5.41, 5.74) is 5.82. The Kier molecular flexibility index (Phi) is 4.85. The highest BCUT2D eigenvalue weighted by atomic mass is 79.9. The molecule has 88 valence electrons. The molecule has 0 bridgehead atoms. The van der Waals surface area contributed by atoms with Crippen molar-refractivity contribution in [2.24, 2.45) is 5.73 Å². The third-order valence-corrected chi connectivity index (χ3v) is 2.59. The van der Waals surface area contributed by atoms with Gasteiger partial charge in [-0.05, 0) is 34.1 Å². The van der Waals surface area contributed by atoms with Gasteiger partial charge in [0, 0.05) is 19.3 Å². The molecule has 4 nitrogen and oxygen atoms in total. The van der Waals surface area contributed by atoms with Gasteiger partial charge in [-0.15, -0.1) is 0 Å². The highest BCUT2D eigenvalue weighted by Crippen LogP contribution is 2.20. The molecule has 0 aliphatic carbocycles. The lowest BCUT2D eigenvalue weighted by Gasteiger charge is -2.13. The predicted molar refractivity (Wildman–Crippen MR) is 62.6 cm³/mol. The van der Waals surface area contributed by atoms with Gasteiger partial charge in [0.1, 0.15) is 11.9 Å². The average molecular weight is 291 g/mol. The molecule has 0 saturated heterocycles. The zero-order valence-corrected chi connectivity index (χ0v) is 10.3. The summed E-state index contributed by atoms with van der Waals surface area (Å²) in [7, 11) is 1.40. The van der Waals surface area contributed by atoms with Crippen molar-refractivity contribution in [3.63, 3.8) is 0 Å². The number of ether oxygens (including phenoxy) is 1. The zero-order valence-electron chi connectivity index (χ0n) is 8.67. The minimum atomic E-state index is -0.705. The molecule has 1 rings (SSSR count). The third kappa shape index (κ3) is 3.26. The molecule has 6 heteroatoms. The van der Waals surface area contributed by atoms with Crippen molar-refractivity contribution in [3.8, 4) is 0 Å². The molecule has 0 aromatic heterocycles. The van der Waals surface area contributed by atoms with E-state index in [-0.39, 0.29) is 22.7 Å². The van der Waals surface area contributed by atoms with Crippen molar-refractivity contribution in [1.82, 2.24) is 0 Å². The lowest BCUT2D eigenvalue weighted by atomic mass is 10.2. The fourth-order valence-corrected chi connectivity index (χ4v) is 1.49. The molecule has 1 amide bonds. The monoisotopic (exact) mass is 290 g/mol. The molecule has 0 radical (unpaired) electrons. The molecule has 1 aromatic carbocycles. The Bertz CT molecular complexity index is 383. The minimum absolute atomic E-state index is 0.0880. The highest BCUT2D eigenvalue weighted by molar-refractivity contribution is 9.10. The van der Waals surface area contributed by atoms with Gasteiger partial charge >= 0.3 is 0 Å². The van der Waals surface area contributed by atoms with Gasteiger partial charge in [0.05, 0.1) is 4.47 Å². The summed E-state index contributed by atoms with van der Waals surface area (Å²) in [5.74, 6) is -0.747. The first-order chi connectivity index (χ1) is 7.58. The molecule has 1 atom stereocenters. The molecule has 0 fully saturated rings. The molecule has 0 spiro atoms. The van der Waals surface area contributed by atoms with E-state index in [1.807, 2.05) is 0 Å². The Morgan fingerprint density at radius 1 is 1.69 bits per heavy atom. The number of hydrogen-bond donors (Lipinski definition) is 2. The first-order valence-corrected chi connectivity index (χ1v) is 5.36. The summed E-state index contributed by atoms with van der Waals surface area (Å²) < 4.78 is 18.1. The zero-order chi connectivity index (χ0) is 12.1. The second kappa shape index (κ2) is 5.93. The van der Waals surface area contributed by atoms with Crippen LogP contribution in [0.2, 0.25) is 0 Å². The van der Waals surface area contributed by atoms with Crippen molar-refractivity contribution in [1.29, 1.82) is 0 Å². The van der Waals surface area contributed by atoms with Crippen molar-refractivity contribution >= 4 is 27.5 Å². The summed E-state index contributed by atoms with van der Waals surface area (Å²) in [6.45, 7) is 0.0880. The number of methoxy groups -OCH3 is 1. The van der Waals surface area contributed by atoms with E-state index in [2.05, 4.69) is 21.2 Å². The molecular formula is C10H12BrFN2O2. The number of rotatable bonds is 4. The Morgan fingerprint density at radius 2 is 2.38 bits per heavy atom. The molecule has 0 heterocycles. The van der Waals surface area contributed by atoms with Crippen LogP contribution in [0, 0.1) is 5.82 Å². The normalized spacial score (nSPS) is 12.2. The second-order valence-corrected chi connectivity index (χ2v) is 3.93. The van der Waals surface area contributed by atoms with Crippen LogP contribution in [-0.2, 0) is 9.53 Å². The van der Waals surface area contributed by atoms with Crippen LogP contribution in [0.1, 0.15) is 0 Å². The molecule has 0 aliphatic heterocycles. The molecule has 16 heavy (non-hydrogen) atoms. The lowest BCUT2D eigenvalue weighted by molar-refractivity contribution is -0.125. The summed E-state index contributed by atoms with van der Waals surface area (Å²) in [5, 5.41) is 2.57. The van der Waals surface area contributed by atoms with Gasteiger partial charge in [-0.2, -0.15) is 0 Å². The van der Waals surface area contributed by atoms with Crippen LogP contribution in [0.3, 0.4) is 0 Å². The second-order valence-electron chi connectivity index (χ2n) is 3.08. The van der Waals surface area contributed by atoms with Gasteiger partial charge in [-0.25, -0.2) is 4.39 Å². The van der Waals surface area contributed by atoms with E-state index in [0.29, 0.717) is 5.69 Å². The first kappa shape index (κ1) is 13.1. The van der Waals surface area contributed by atoms with Crippen LogP contribution in [-0.4, -0.2) is 25.7 Å². The van der Waals surface area contributed by atoms with Gasteiger partial charge in [0.15, 0.2) is 0 Å². The van der Waals surface area contributed by atoms with E-state index < -0.39 is 6.10 Å². The van der Waals surface area contributed by atoms with E-state index in [9.17, 15) is 9.18 Å².